The number of amides is 1. The molecule has 0 aliphatic carbocycles. The van der Waals surface area contributed by atoms with Gasteiger partial charge in [-0.2, -0.15) is 5.26 Å². The van der Waals surface area contributed by atoms with Crippen LogP contribution in [-0.4, -0.2) is 28.0 Å². The Morgan fingerprint density at radius 1 is 1.43 bits per heavy atom. The van der Waals surface area contributed by atoms with Crippen LogP contribution in [0.1, 0.15) is 40.4 Å². The molecule has 154 valence electrons. The summed E-state index contributed by atoms with van der Waals surface area (Å²) >= 11 is 3.30. The number of anilines is 1. The first-order chi connectivity index (χ1) is 14.3. The monoisotopic (exact) mass is 473 g/mol. The van der Waals surface area contributed by atoms with Crippen molar-refractivity contribution in [3.63, 3.8) is 0 Å². The van der Waals surface area contributed by atoms with Crippen LogP contribution in [0.5, 0.6) is 5.75 Å². The average molecular weight is 474 g/mol. The van der Waals surface area contributed by atoms with Gasteiger partial charge in [-0.3, -0.25) is 4.79 Å². The van der Waals surface area contributed by atoms with Crippen molar-refractivity contribution in [2.24, 2.45) is 0 Å². The van der Waals surface area contributed by atoms with Gasteiger partial charge in [0, 0.05) is 34.9 Å². The zero-order chi connectivity index (χ0) is 21.8. The van der Waals surface area contributed by atoms with Crippen LogP contribution in [0.3, 0.4) is 0 Å². The standard InChI is InChI=1S/C20H17BrFN5O3/c1-11(29-18-5-12(21)9-25-19(18)24)17-6-13(22)3-4-16(17)20(28)27(2)10-14-7-15(8-23)30-26-14/h3-7,9,11H,10H2,1-2H3,(H2,24,25)/t11-/m1/s1. The summed E-state index contributed by atoms with van der Waals surface area (Å²) in [5.41, 5.74) is 6.88. The molecule has 0 saturated carbocycles. The fourth-order valence-electron chi connectivity index (χ4n) is 2.80. The Hall–Kier alpha value is -3.45. The minimum atomic E-state index is -0.691. The molecule has 1 amide bonds. The lowest BCUT2D eigenvalue weighted by atomic mass is 10.0. The van der Waals surface area contributed by atoms with Gasteiger partial charge >= 0.3 is 0 Å². The number of nitriles is 1. The van der Waals surface area contributed by atoms with Gasteiger partial charge in [-0.25, -0.2) is 9.37 Å². The number of aromatic nitrogens is 2. The molecule has 0 spiro atoms. The summed E-state index contributed by atoms with van der Waals surface area (Å²) in [5.74, 6) is -0.349. The molecule has 2 N–H and O–H groups in total. The van der Waals surface area contributed by atoms with Crippen LogP contribution in [0.4, 0.5) is 10.2 Å². The molecule has 3 rings (SSSR count). The molecule has 0 unspecified atom stereocenters. The molecule has 0 radical (unpaired) electrons. The van der Waals surface area contributed by atoms with Gasteiger partial charge in [0.2, 0.25) is 5.76 Å². The molecular formula is C20H17BrFN5O3. The normalized spacial score (nSPS) is 11.6. The van der Waals surface area contributed by atoms with Gasteiger partial charge in [0.05, 0.1) is 6.54 Å². The Morgan fingerprint density at radius 3 is 2.90 bits per heavy atom. The maximum atomic E-state index is 14.0. The van der Waals surface area contributed by atoms with Gasteiger partial charge in [0.25, 0.3) is 5.91 Å². The Balaban J connectivity index is 1.85. The van der Waals surface area contributed by atoms with Crippen molar-refractivity contribution in [1.29, 1.82) is 5.26 Å². The third-order valence-electron chi connectivity index (χ3n) is 4.25. The molecule has 0 aliphatic heterocycles. The van der Waals surface area contributed by atoms with Crippen molar-refractivity contribution in [2.45, 2.75) is 19.6 Å². The SMILES string of the molecule is C[C@@H](Oc1cc(Br)cnc1N)c1cc(F)ccc1C(=O)N(C)Cc1cc(C#N)on1. The number of ether oxygens (including phenoxy) is 1. The Bertz CT molecular complexity index is 1130. The molecule has 0 saturated heterocycles. The first-order valence-corrected chi connectivity index (χ1v) is 9.56. The van der Waals surface area contributed by atoms with E-state index in [1.807, 2.05) is 6.07 Å². The number of nitrogens with zero attached hydrogens (tertiary/aromatic N) is 4. The molecule has 1 aromatic carbocycles. The minimum absolute atomic E-state index is 0.0514. The number of rotatable bonds is 6. The molecular weight excluding hydrogens is 457 g/mol. The average Bonchev–Trinajstić information content (AvgIpc) is 3.17. The minimum Gasteiger partial charge on any atom is -0.482 e. The van der Waals surface area contributed by atoms with Crippen LogP contribution in [-0.2, 0) is 6.54 Å². The third-order valence-corrected chi connectivity index (χ3v) is 4.68. The highest BCUT2D eigenvalue weighted by molar-refractivity contribution is 9.10. The lowest BCUT2D eigenvalue weighted by Gasteiger charge is -2.22. The molecule has 0 fully saturated rings. The number of halogens is 2. The van der Waals surface area contributed by atoms with Crippen molar-refractivity contribution in [3.8, 4) is 11.8 Å². The Morgan fingerprint density at radius 2 is 2.20 bits per heavy atom. The maximum Gasteiger partial charge on any atom is 0.254 e. The van der Waals surface area contributed by atoms with E-state index in [2.05, 4.69) is 26.1 Å². The number of carbonyl (C=O) groups excluding carboxylic acids is 1. The van der Waals surface area contributed by atoms with E-state index in [4.69, 9.17) is 20.3 Å². The molecule has 3 aromatic rings. The Labute approximate surface area is 180 Å². The van der Waals surface area contributed by atoms with Crippen molar-refractivity contribution < 1.29 is 18.4 Å². The topological polar surface area (TPSA) is 118 Å². The van der Waals surface area contributed by atoms with Gasteiger partial charge < -0.3 is 19.9 Å². The number of nitrogen functional groups attached to an aromatic ring is 1. The van der Waals surface area contributed by atoms with Gasteiger partial charge in [-0.15, -0.1) is 0 Å². The van der Waals surface area contributed by atoms with Crippen molar-refractivity contribution in [1.82, 2.24) is 15.0 Å². The first-order valence-electron chi connectivity index (χ1n) is 8.76. The first kappa shape index (κ1) is 21.3. The largest absolute Gasteiger partial charge is 0.482 e. The predicted molar refractivity (Wildman–Crippen MR) is 109 cm³/mol. The highest BCUT2D eigenvalue weighted by Crippen LogP contribution is 2.30. The van der Waals surface area contributed by atoms with E-state index >= 15 is 0 Å². The zero-order valence-corrected chi connectivity index (χ0v) is 17.7. The number of carbonyl (C=O) groups is 1. The second-order valence-electron chi connectivity index (χ2n) is 6.48. The summed E-state index contributed by atoms with van der Waals surface area (Å²) in [6.07, 6.45) is 0.837. The number of hydrogen-bond acceptors (Lipinski definition) is 7. The molecule has 1 atom stereocenters. The van der Waals surface area contributed by atoms with Crippen molar-refractivity contribution in [3.05, 3.63) is 69.4 Å². The molecule has 10 heteroatoms. The number of hydrogen-bond donors (Lipinski definition) is 1. The fourth-order valence-corrected chi connectivity index (χ4v) is 3.11. The van der Waals surface area contributed by atoms with Gasteiger partial charge in [0.15, 0.2) is 11.6 Å². The summed E-state index contributed by atoms with van der Waals surface area (Å²) in [4.78, 5) is 18.4. The number of pyridine rings is 1. The van der Waals surface area contributed by atoms with E-state index in [-0.39, 0.29) is 29.6 Å². The molecule has 2 aromatic heterocycles. The van der Waals surface area contributed by atoms with Gasteiger partial charge in [0.1, 0.15) is 23.7 Å². The highest BCUT2D eigenvalue weighted by Gasteiger charge is 2.22. The van der Waals surface area contributed by atoms with Crippen LogP contribution >= 0.6 is 15.9 Å². The smallest absolute Gasteiger partial charge is 0.254 e. The van der Waals surface area contributed by atoms with Crippen molar-refractivity contribution in [2.75, 3.05) is 12.8 Å². The van der Waals surface area contributed by atoms with Gasteiger partial charge in [-0.05, 0) is 47.1 Å². The van der Waals surface area contributed by atoms with Crippen LogP contribution in [0, 0.1) is 17.1 Å². The fraction of sp³-hybridized carbons (Fsp3) is 0.200. The summed E-state index contributed by atoms with van der Waals surface area (Å²) in [7, 11) is 1.57. The third kappa shape index (κ3) is 4.75. The second-order valence-corrected chi connectivity index (χ2v) is 7.40. The van der Waals surface area contributed by atoms with Gasteiger partial charge in [-0.1, -0.05) is 5.16 Å². The van der Waals surface area contributed by atoms with E-state index in [1.165, 1.54) is 35.4 Å². The lowest BCUT2D eigenvalue weighted by molar-refractivity contribution is 0.0777. The maximum absolute atomic E-state index is 14.0. The Kier molecular flexibility index (Phi) is 6.32. The number of benzene rings is 1. The second kappa shape index (κ2) is 8.92. The summed E-state index contributed by atoms with van der Waals surface area (Å²) in [6.45, 7) is 1.79. The van der Waals surface area contributed by atoms with Crippen molar-refractivity contribution >= 4 is 27.7 Å². The zero-order valence-electron chi connectivity index (χ0n) is 16.1. The molecule has 0 bridgehead atoms. The van der Waals surface area contributed by atoms with E-state index in [9.17, 15) is 9.18 Å². The quantitative estimate of drug-likeness (QED) is 0.577. The van der Waals surface area contributed by atoms with E-state index in [1.54, 1.807) is 20.0 Å². The molecule has 30 heavy (non-hydrogen) atoms. The van der Waals surface area contributed by atoms with Crippen LogP contribution in [0.15, 0.2) is 45.5 Å². The number of nitrogens with two attached hydrogens (primary N) is 1. The van der Waals surface area contributed by atoms with Crippen LogP contribution in [0.25, 0.3) is 0 Å². The summed E-state index contributed by atoms with van der Waals surface area (Å²) < 4.78 is 25.3. The summed E-state index contributed by atoms with van der Waals surface area (Å²) in [5, 5.41) is 12.6. The van der Waals surface area contributed by atoms with Crippen LogP contribution in [0.2, 0.25) is 0 Å². The lowest BCUT2D eigenvalue weighted by Crippen LogP contribution is -2.28. The molecule has 0 aliphatic rings. The molecule has 2 heterocycles. The van der Waals surface area contributed by atoms with E-state index in [0.717, 1.165) is 0 Å². The predicted octanol–water partition coefficient (Wildman–Crippen LogP) is 3.84. The van der Waals surface area contributed by atoms with E-state index in [0.29, 0.717) is 21.5 Å². The van der Waals surface area contributed by atoms with Crippen LogP contribution < -0.4 is 10.5 Å². The van der Waals surface area contributed by atoms with E-state index < -0.39 is 11.9 Å². The molecule has 8 nitrogen and oxygen atoms in total. The summed E-state index contributed by atoms with van der Waals surface area (Å²) in [6, 6.07) is 8.77. The highest BCUT2D eigenvalue weighted by atomic mass is 79.9.